The van der Waals surface area contributed by atoms with Crippen molar-refractivity contribution in [2.45, 2.75) is 70.8 Å². The maximum Gasteiger partial charge on any atom is 0.306 e. The van der Waals surface area contributed by atoms with Crippen LogP contribution in [0.25, 0.3) is 0 Å². The molecule has 1 aliphatic rings. The van der Waals surface area contributed by atoms with Gasteiger partial charge in [-0.2, -0.15) is 0 Å². The topological polar surface area (TPSA) is 60.4 Å². The van der Waals surface area contributed by atoms with E-state index in [4.69, 9.17) is 4.74 Å². The fourth-order valence-electron chi connectivity index (χ4n) is 3.33. The van der Waals surface area contributed by atoms with E-state index in [1.165, 1.54) is 0 Å². The van der Waals surface area contributed by atoms with Gasteiger partial charge in [-0.15, -0.1) is 0 Å². The molecule has 0 radical (unpaired) electrons. The van der Waals surface area contributed by atoms with Gasteiger partial charge in [0.05, 0.1) is 12.3 Å². The lowest BCUT2D eigenvalue weighted by atomic mass is 9.80. The molecule has 4 heteroatoms. The van der Waals surface area contributed by atoms with Crippen LogP contribution in [0, 0.1) is 5.92 Å². The molecule has 1 aromatic carbocycles. The predicted octanol–water partition coefficient (Wildman–Crippen LogP) is 4.22. The molecule has 0 amide bonds. The fraction of sp³-hybridized carbons (Fsp3) is 0.571. The van der Waals surface area contributed by atoms with Crippen molar-refractivity contribution in [1.82, 2.24) is 0 Å². The zero-order valence-corrected chi connectivity index (χ0v) is 15.4. The average molecular weight is 344 g/mol. The van der Waals surface area contributed by atoms with Gasteiger partial charge in [-0.1, -0.05) is 36.8 Å². The molecule has 2 unspecified atom stereocenters. The smallest absolute Gasteiger partial charge is 0.306 e. The predicted molar refractivity (Wildman–Crippen MR) is 96.2 cm³/mol. The molecular weight excluding hydrogens is 316 g/mol. The first-order valence-electron chi connectivity index (χ1n) is 9.08. The number of benzene rings is 1. The summed E-state index contributed by atoms with van der Waals surface area (Å²) in [6.07, 6.45) is 3.30. The van der Waals surface area contributed by atoms with Gasteiger partial charge in [-0.3, -0.25) is 14.4 Å². The molecule has 136 valence electrons. The quantitative estimate of drug-likeness (QED) is 0.572. The molecule has 4 nitrogen and oxygen atoms in total. The Morgan fingerprint density at radius 2 is 1.80 bits per heavy atom. The van der Waals surface area contributed by atoms with Crippen LogP contribution in [0.4, 0.5) is 0 Å². The van der Waals surface area contributed by atoms with E-state index in [1.54, 1.807) is 0 Å². The van der Waals surface area contributed by atoms with Crippen LogP contribution >= 0.6 is 0 Å². The van der Waals surface area contributed by atoms with Crippen LogP contribution in [0.1, 0.15) is 70.8 Å². The van der Waals surface area contributed by atoms with Gasteiger partial charge >= 0.3 is 5.97 Å². The molecule has 25 heavy (non-hydrogen) atoms. The second-order valence-corrected chi connectivity index (χ2v) is 7.83. The van der Waals surface area contributed by atoms with Crippen molar-refractivity contribution in [1.29, 1.82) is 0 Å². The summed E-state index contributed by atoms with van der Waals surface area (Å²) < 4.78 is 5.42. The van der Waals surface area contributed by atoms with Crippen molar-refractivity contribution >= 4 is 17.5 Å². The Bertz CT molecular complexity index is 613. The Balaban J connectivity index is 2.10. The summed E-state index contributed by atoms with van der Waals surface area (Å²) in [6, 6.07) is 9.54. The standard InChI is InChI=1S/C21H28O4/c1-21(2,3)25-20(24)14-16(15-9-5-4-6-10-15)13-19(23)17-11-7-8-12-18(17)22/h4-6,9-10,16-17H,7-8,11-14H2,1-3H3. The minimum absolute atomic E-state index is 0.0397. The summed E-state index contributed by atoms with van der Waals surface area (Å²) in [7, 11) is 0. The number of Topliss-reactive ketones (excluding diaryl/α,β-unsaturated/α-hetero) is 2. The Kier molecular flexibility index (Phi) is 6.51. The van der Waals surface area contributed by atoms with Gasteiger partial charge in [0.15, 0.2) is 0 Å². The van der Waals surface area contributed by atoms with Crippen LogP contribution in [0.2, 0.25) is 0 Å². The van der Waals surface area contributed by atoms with E-state index in [-0.39, 0.29) is 36.3 Å². The molecule has 0 bridgehead atoms. The van der Waals surface area contributed by atoms with Crippen molar-refractivity contribution in [3.63, 3.8) is 0 Å². The highest BCUT2D eigenvalue weighted by molar-refractivity contribution is 6.03. The molecule has 0 spiro atoms. The molecule has 2 rings (SSSR count). The molecule has 1 aromatic rings. The lowest BCUT2D eigenvalue weighted by molar-refractivity contribution is -0.155. The Labute approximate surface area is 149 Å². The number of carbonyl (C=O) groups excluding carboxylic acids is 3. The minimum Gasteiger partial charge on any atom is -0.460 e. The van der Waals surface area contributed by atoms with Crippen LogP contribution in [0.3, 0.4) is 0 Å². The van der Waals surface area contributed by atoms with Gasteiger partial charge in [0.25, 0.3) is 0 Å². The third kappa shape index (κ3) is 6.11. The van der Waals surface area contributed by atoms with Crippen molar-refractivity contribution in [3.8, 4) is 0 Å². The highest BCUT2D eigenvalue weighted by atomic mass is 16.6. The molecule has 2 atom stereocenters. The minimum atomic E-state index is -0.554. The molecule has 1 saturated carbocycles. The molecule has 0 aliphatic heterocycles. The summed E-state index contributed by atoms with van der Waals surface area (Å²) in [5.74, 6) is -1.04. The normalized spacial score (nSPS) is 19.3. The van der Waals surface area contributed by atoms with Gasteiger partial charge < -0.3 is 4.74 Å². The molecule has 0 heterocycles. The largest absolute Gasteiger partial charge is 0.460 e. The molecule has 0 saturated heterocycles. The van der Waals surface area contributed by atoms with Gasteiger partial charge in [-0.05, 0) is 39.2 Å². The number of hydrogen-bond acceptors (Lipinski definition) is 4. The lowest BCUT2D eigenvalue weighted by Crippen LogP contribution is -2.29. The zero-order valence-electron chi connectivity index (χ0n) is 15.4. The van der Waals surface area contributed by atoms with Crippen LogP contribution in [-0.4, -0.2) is 23.1 Å². The molecule has 1 aliphatic carbocycles. The van der Waals surface area contributed by atoms with E-state index in [0.29, 0.717) is 12.8 Å². The van der Waals surface area contributed by atoms with Crippen molar-refractivity contribution < 1.29 is 19.1 Å². The van der Waals surface area contributed by atoms with Crippen LogP contribution in [0.15, 0.2) is 30.3 Å². The maximum atomic E-state index is 12.7. The summed E-state index contributed by atoms with van der Waals surface area (Å²) in [4.78, 5) is 37.0. The van der Waals surface area contributed by atoms with Crippen molar-refractivity contribution in [3.05, 3.63) is 35.9 Å². The molecule has 1 fully saturated rings. The molecule has 0 N–H and O–H groups in total. The Morgan fingerprint density at radius 1 is 1.12 bits per heavy atom. The van der Waals surface area contributed by atoms with Crippen LogP contribution in [0.5, 0.6) is 0 Å². The highest BCUT2D eigenvalue weighted by Gasteiger charge is 2.31. The maximum absolute atomic E-state index is 12.7. The second-order valence-electron chi connectivity index (χ2n) is 7.83. The molecular formula is C21H28O4. The molecule has 0 aromatic heterocycles. The third-order valence-corrected chi connectivity index (χ3v) is 4.49. The third-order valence-electron chi connectivity index (χ3n) is 4.49. The zero-order chi connectivity index (χ0) is 18.4. The summed E-state index contributed by atoms with van der Waals surface area (Å²) in [5.41, 5.74) is 0.381. The number of carbonyl (C=O) groups is 3. The number of hydrogen-bond donors (Lipinski definition) is 0. The number of ketones is 2. The first-order chi connectivity index (χ1) is 11.8. The Morgan fingerprint density at radius 3 is 2.40 bits per heavy atom. The van der Waals surface area contributed by atoms with Gasteiger partial charge in [0.1, 0.15) is 17.2 Å². The van der Waals surface area contributed by atoms with Crippen molar-refractivity contribution in [2.24, 2.45) is 5.92 Å². The van der Waals surface area contributed by atoms with E-state index in [2.05, 4.69) is 0 Å². The SMILES string of the molecule is CC(C)(C)OC(=O)CC(CC(=O)C1CCCCC1=O)c1ccccc1. The number of ether oxygens (including phenoxy) is 1. The first-order valence-corrected chi connectivity index (χ1v) is 9.08. The van der Waals surface area contributed by atoms with Crippen LogP contribution in [-0.2, 0) is 19.1 Å². The van der Waals surface area contributed by atoms with E-state index in [0.717, 1.165) is 18.4 Å². The highest BCUT2D eigenvalue weighted by Crippen LogP contribution is 2.30. The van der Waals surface area contributed by atoms with E-state index in [9.17, 15) is 14.4 Å². The summed E-state index contributed by atoms with van der Waals surface area (Å²) in [5, 5.41) is 0. The fourth-order valence-corrected chi connectivity index (χ4v) is 3.33. The number of esters is 1. The Hall–Kier alpha value is -1.97. The van der Waals surface area contributed by atoms with Gasteiger partial charge in [-0.25, -0.2) is 0 Å². The van der Waals surface area contributed by atoms with Crippen molar-refractivity contribution in [2.75, 3.05) is 0 Å². The lowest BCUT2D eigenvalue weighted by Gasteiger charge is -2.24. The number of rotatable bonds is 6. The van der Waals surface area contributed by atoms with E-state index in [1.807, 2.05) is 51.1 Å². The average Bonchev–Trinajstić information content (AvgIpc) is 2.53. The van der Waals surface area contributed by atoms with Gasteiger partial charge in [0.2, 0.25) is 0 Å². The van der Waals surface area contributed by atoms with E-state index >= 15 is 0 Å². The second kappa shape index (κ2) is 8.41. The monoisotopic (exact) mass is 344 g/mol. The summed E-state index contributed by atoms with van der Waals surface area (Å²) in [6.45, 7) is 5.48. The summed E-state index contributed by atoms with van der Waals surface area (Å²) >= 11 is 0. The van der Waals surface area contributed by atoms with E-state index < -0.39 is 11.5 Å². The van der Waals surface area contributed by atoms with Crippen LogP contribution < -0.4 is 0 Å². The van der Waals surface area contributed by atoms with Gasteiger partial charge in [0, 0.05) is 18.8 Å². The first kappa shape index (κ1) is 19.4.